The number of aromatic nitrogens is 1. The van der Waals surface area contributed by atoms with Gasteiger partial charge in [-0.3, -0.25) is 4.79 Å². The van der Waals surface area contributed by atoms with Gasteiger partial charge in [0, 0.05) is 32.1 Å². The molecule has 3 aromatic rings. The highest BCUT2D eigenvalue weighted by molar-refractivity contribution is 9.10. The van der Waals surface area contributed by atoms with E-state index in [1.165, 1.54) is 5.56 Å². The average Bonchev–Trinajstić information content (AvgIpc) is 2.90. The highest BCUT2D eigenvalue weighted by Crippen LogP contribution is 2.30. The van der Waals surface area contributed by atoms with Gasteiger partial charge in [0.15, 0.2) is 6.61 Å². The predicted octanol–water partition coefficient (Wildman–Crippen LogP) is 6.00. The molecule has 1 heterocycles. The van der Waals surface area contributed by atoms with Gasteiger partial charge in [-0.05, 0) is 72.6 Å². The summed E-state index contributed by atoms with van der Waals surface area (Å²) in [5.74, 6) is -0.0227. The number of amides is 1. The fourth-order valence-electron chi connectivity index (χ4n) is 3.06. The summed E-state index contributed by atoms with van der Waals surface area (Å²) in [6, 6.07) is 13.1. The van der Waals surface area contributed by atoms with E-state index < -0.39 is 5.91 Å². The first-order valence-electron chi connectivity index (χ1n) is 9.12. The van der Waals surface area contributed by atoms with Crippen LogP contribution in [0.5, 0.6) is 5.75 Å². The summed E-state index contributed by atoms with van der Waals surface area (Å²) in [5, 5.41) is 4.91. The second kappa shape index (κ2) is 9.69. The number of carbonyl (C=O) groups is 1. The van der Waals surface area contributed by atoms with Crippen LogP contribution in [-0.2, 0) is 4.79 Å². The molecule has 1 aromatic heterocycles. The molecule has 8 heteroatoms. The Balaban J connectivity index is 1.69. The molecule has 0 atom stereocenters. The van der Waals surface area contributed by atoms with Crippen LogP contribution in [0.4, 0.5) is 0 Å². The van der Waals surface area contributed by atoms with Crippen LogP contribution in [0.3, 0.4) is 0 Å². The van der Waals surface area contributed by atoms with Gasteiger partial charge in [-0.1, -0.05) is 35.3 Å². The van der Waals surface area contributed by atoms with Gasteiger partial charge in [-0.25, -0.2) is 5.43 Å². The van der Waals surface area contributed by atoms with Gasteiger partial charge in [0.1, 0.15) is 5.75 Å². The fourth-order valence-corrected chi connectivity index (χ4v) is 4.09. The molecule has 0 aliphatic carbocycles. The van der Waals surface area contributed by atoms with E-state index in [0.29, 0.717) is 15.8 Å². The Labute approximate surface area is 193 Å². The van der Waals surface area contributed by atoms with Crippen molar-refractivity contribution >= 4 is 51.3 Å². The van der Waals surface area contributed by atoms with Gasteiger partial charge in [-0.2, -0.15) is 5.10 Å². The van der Waals surface area contributed by atoms with E-state index in [0.717, 1.165) is 27.1 Å². The molecule has 0 aliphatic heterocycles. The topological polar surface area (TPSA) is 55.6 Å². The predicted molar refractivity (Wildman–Crippen MR) is 125 cm³/mol. The molecule has 0 unspecified atom stereocenters. The van der Waals surface area contributed by atoms with Gasteiger partial charge in [0.2, 0.25) is 0 Å². The van der Waals surface area contributed by atoms with Crippen molar-refractivity contribution in [1.82, 2.24) is 9.99 Å². The van der Waals surface area contributed by atoms with Crippen molar-refractivity contribution in [3.63, 3.8) is 0 Å². The Morgan fingerprint density at radius 3 is 2.63 bits per heavy atom. The van der Waals surface area contributed by atoms with Gasteiger partial charge < -0.3 is 9.30 Å². The Hall–Kier alpha value is -2.28. The first-order valence-corrected chi connectivity index (χ1v) is 10.7. The Morgan fingerprint density at radius 2 is 1.93 bits per heavy atom. The zero-order chi connectivity index (χ0) is 21.8. The van der Waals surface area contributed by atoms with Gasteiger partial charge in [-0.15, -0.1) is 0 Å². The van der Waals surface area contributed by atoms with Crippen molar-refractivity contribution < 1.29 is 9.53 Å². The average molecular weight is 509 g/mol. The number of rotatable bonds is 6. The number of halogens is 3. The van der Waals surface area contributed by atoms with Crippen LogP contribution in [0.25, 0.3) is 5.69 Å². The zero-order valence-corrected chi connectivity index (χ0v) is 19.8. The third-order valence-electron chi connectivity index (χ3n) is 4.51. The number of nitrogens with zero attached hydrogens (tertiary/aromatic N) is 2. The maximum Gasteiger partial charge on any atom is 0.277 e. The third kappa shape index (κ3) is 5.06. The quantitative estimate of drug-likeness (QED) is 0.328. The summed E-state index contributed by atoms with van der Waals surface area (Å²) >= 11 is 15.5. The first-order chi connectivity index (χ1) is 14.3. The molecule has 1 N–H and O–H groups in total. The number of ether oxygens (including phenoxy) is 1. The van der Waals surface area contributed by atoms with Crippen molar-refractivity contribution in [1.29, 1.82) is 0 Å². The molecule has 1 amide bonds. The summed E-state index contributed by atoms with van der Waals surface area (Å²) in [4.78, 5) is 12.0. The Bertz CT molecular complexity index is 1130. The largest absolute Gasteiger partial charge is 0.482 e. The number of benzene rings is 2. The van der Waals surface area contributed by atoms with Gasteiger partial charge in [0.05, 0.1) is 11.2 Å². The lowest BCUT2D eigenvalue weighted by Gasteiger charge is -2.10. The molecule has 0 bridgehead atoms. The molecular weight excluding hydrogens is 489 g/mol. The second-order valence-electron chi connectivity index (χ2n) is 6.73. The van der Waals surface area contributed by atoms with E-state index in [2.05, 4.69) is 56.1 Å². The maximum absolute atomic E-state index is 12.0. The van der Waals surface area contributed by atoms with Gasteiger partial charge >= 0.3 is 0 Å². The highest BCUT2D eigenvalue weighted by atomic mass is 79.9. The number of hydrazone groups is 1. The Kier molecular flexibility index (Phi) is 7.23. The molecule has 5 nitrogen and oxygen atoms in total. The van der Waals surface area contributed by atoms with Crippen LogP contribution in [0.2, 0.25) is 10.0 Å². The number of aryl methyl sites for hydroxylation is 1. The number of nitrogens with one attached hydrogen (secondary N) is 1. The first kappa shape index (κ1) is 22.4. The van der Waals surface area contributed by atoms with Crippen molar-refractivity contribution in [3.8, 4) is 11.4 Å². The summed E-state index contributed by atoms with van der Waals surface area (Å²) in [6.07, 6.45) is 1.62. The third-order valence-corrected chi connectivity index (χ3v) is 6.04. The van der Waals surface area contributed by atoms with Crippen molar-refractivity contribution in [3.05, 3.63) is 79.5 Å². The lowest BCUT2D eigenvalue weighted by Crippen LogP contribution is -2.24. The fraction of sp³-hybridized carbons (Fsp3) is 0.182. The lowest BCUT2D eigenvalue weighted by molar-refractivity contribution is -0.123. The monoisotopic (exact) mass is 507 g/mol. The summed E-state index contributed by atoms with van der Waals surface area (Å²) in [6.45, 7) is 5.88. The van der Waals surface area contributed by atoms with E-state index in [4.69, 9.17) is 27.9 Å². The normalized spacial score (nSPS) is 11.1. The lowest BCUT2D eigenvalue weighted by atomic mass is 10.2. The molecule has 0 radical (unpaired) electrons. The van der Waals surface area contributed by atoms with E-state index in [1.54, 1.807) is 24.4 Å². The molecule has 30 heavy (non-hydrogen) atoms. The maximum atomic E-state index is 12.0. The van der Waals surface area contributed by atoms with Crippen molar-refractivity contribution in [2.75, 3.05) is 6.61 Å². The summed E-state index contributed by atoms with van der Waals surface area (Å²) in [7, 11) is 0. The SMILES string of the molecule is Cc1cccc(-n2c(C)c(Br)c(/C=N\NC(=O)COc3ccc(Cl)cc3Cl)c2C)c1. The van der Waals surface area contributed by atoms with Gasteiger partial charge in [0.25, 0.3) is 5.91 Å². The van der Waals surface area contributed by atoms with Crippen LogP contribution < -0.4 is 10.2 Å². The molecule has 0 saturated carbocycles. The summed E-state index contributed by atoms with van der Waals surface area (Å²) in [5.41, 5.74) is 7.66. The minimum atomic E-state index is -0.402. The standard InChI is InChI=1S/C22H20BrCl2N3O2/c1-13-5-4-6-17(9-13)28-14(2)18(22(23)15(28)3)11-26-27-21(29)12-30-20-8-7-16(24)10-19(20)25/h4-11H,12H2,1-3H3,(H,27,29)/b26-11-. The minimum absolute atomic E-state index is 0.220. The second-order valence-corrected chi connectivity index (χ2v) is 8.37. The smallest absolute Gasteiger partial charge is 0.277 e. The van der Waals surface area contributed by atoms with Crippen LogP contribution in [-0.4, -0.2) is 23.3 Å². The van der Waals surface area contributed by atoms with Crippen LogP contribution >= 0.6 is 39.1 Å². The van der Waals surface area contributed by atoms with Crippen LogP contribution in [0, 0.1) is 20.8 Å². The van der Waals surface area contributed by atoms with E-state index in [9.17, 15) is 4.79 Å². The van der Waals surface area contributed by atoms with Crippen molar-refractivity contribution in [2.24, 2.45) is 5.10 Å². The van der Waals surface area contributed by atoms with E-state index in [1.807, 2.05) is 19.9 Å². The number of hydrogen-bond acceptors (Lipinski definition) is 3. The molecular formula is C22H20BrCl2N3O2. The number of carbonyl (C=O) groups excluding carboxylic acids is 1. The van der Waals surface area contributed by atoms with Crippen LogP contribution in [0.15, 0.2) is 52.0 Å². The molecule has 0 aliphatic rings. The Morgan fingerprint density at radius 1 is 1.17 bits per heavy atom. The van der Waals surface area contributed by atoms with Crippen molar-refractivity contribution in [2.45, 2.75) is 20.8 Å². The molecule has 156 valence electrons. The number of hydrogen-bond donors (Lipinski definition) is 1. The van der Waals surface area contributed by atoms with E-state index >= 15 is 0 Å². The van der Waals surface area contributed by atoms with E-state index in [-0.39, 0.29) is 6.61 Å². The molecule has 0 fully saturated rings. The summed E-state index contributed by atoms with van der Waals surface area (Å²) < 4.78 is 8.47. The molecule has 0 saturated heterocycles. The van der Waals surface area contributed by atoms with Crippen LogP contribution in [0.1, 0.15) is 22.5 Å². The zero-order valence-electron chi connectivity index (χ0n) is 16.7. The molecule has 0 spiro atoms. The molecule has 3 rings (SSSR count). The minimum Gasteiger partial charge on any atom is -0.482 e. The highest BCUT2D eigenvalue weighted by Gasteiger charge is 2.16. The molecule has 2 aromatic carbocycles.